The second-order valence-corrected chi connectivity index (χ2v) is 5.85. The predicted molar refractivity (Wildman–Crippen MR) is 110 cm³/mol. The smallest absolute Gasteiger partial charge is 0.255 e. The zero-order chi connectivity index (χ0) is 19.6. The van der Waals surface area contributed by atoms with E-state index in [9.17, 15) is 4.79 Å². The summed E-state index contributed by atoms with van der Waals surface area (Å²) in [6.45, 7) is 4.00. The third-order valence-corrected chi connectivity index (χ3v) is 4.48. The minimum atomic E-state index is -0.111. The van der Waals surface area contributed by atoms with Crippen molar-refractivity contribution in [1.29, 1.82) is 0 Å². The summed E-state index contributed by atoms with van der Waals surface area (Å²) in [4.78, 5) is 12.6. The second-order valence-electron chi connectivity index (χ2n) is 5.85. The zero-order valence-corrected chi connectivity index (χ0v) is 15.5. The van der Waals surface area contributed by atoms with Crippen molar-refractivity contribution in [3.63, 3.8) is 0 Å². The number of benzene rings is 2. The topological polar surface area (TPSA) is 85.5 Å². The lowest BCUT2D eigenvalue weighted by Gasteiger charge is -2.09. The molecule has 0 saturated heterocycles. The monoisotopic (exact) mass is 362 g/mol. The first kappa shape index (κ1) is 18.3. The van der Waals surface area contributed by atoms with Gasteiger partial charge in [0.15, 0.2) is 5.84 Å². The van der Waals surface area contributed by atoms with Gasteiger partial charge < -0.3 is 15.5 Å². The highest BCUT2D eigenvalue weighted by Gasteiger charge is 2.14. The van der Waals surface area contributed by atoms with Crippen LogP contribution in [0.15, 0.2) is 70.6 Å². The highest BCUT2D eigenvalue weighted by molar-refractivity contribution is 6.06. The van der Waals surface area contributed by atoms with E-state index in [1.54, 1.807) is 34.9 Å². The van der Waals surface area contributed by atoms with Gasteiger partial charge in [-0.05, 0) is 36.4 Å². The average Bonchev–Trinajstić information content (AvgIpc) is 3.01. The van der Waals surface area contributed by atoms with Gasteiger partial charge in [-0.1, -0.05) is 37.2 Å². The van der Waals surface area contributed by atoms with Crippen LogP contribution in [0.5, 0.6) is 0 Å². The van der Waals surface area contributed by atoms with Crippen molar-refractivity contribution >= 4 is 27.8 Å². The molecule has 2 heterocycles. The van der Waals surface area contributed by atoms with Crippen LogP contribution in [0.1, 0.15) is 19.4 Å². The molecule has 0 saturated carbocycles. The van der Waals surface area contributed by atoms with Gasteiger partial charge in [-0.2, -0.15) is 0 Å². The number of aryl methyl sites for hydroxylation is 1. The first-order valence-electron chi connectivity index (χ1n) is 8.79. The molecule has 4 aromatic rings. The predicted octanol–water partition coefficient (Wildman–Crippen LogP) is 3.60. The van der Waals surface area contributed by atoms with Crippen LogP contribution in [0.2, 0.25) is 0 Å². The summed E-state index contributed by atoms with van der Waals surface area (Å²) >= 11 is 0. The van der Waals surface area contributed by atoms with Crippen LogP contribution in [0.25, 0.3) is 27.6 Å². The van der Waals surface area contributed by atoms with Crippen molar-refractivity contribution in [2.24, 2.45) is 17.9 Å². The summed E-state index contributed by atoms with van der Waals surface area (Å²) in [6, 6.07) is 18.4. The molecular weight excluding hydrogens is 340 g/mol. The van der Waals surface area contributed by atoms with Gasteiger partial charge >= 0.3 is 0 Å². The van der Waals surface area contributed by atoms with Gasteiger partial charge in [-0.3, -0.25) is 9.36 Å². The van der Waals surface area contributed by atoms with E-state index < -0.39 is 0 Å². The van der Waals surface area contributed by atoms with Gasteiger partial charge in [-0.15, -0.1) is 0 Å². The van der Waals surface area contributed by atoms with Crippen molar-refractivity contribution in [2.75, 3.05) is 0 Å². The number of para-hydroxylation sites is 1. The average molecular weight is 362 g/mol. The minimum Gasteiger partial charge on any atom is -0.409 e. The normalized spacial score (nSPS) is 11.4. The van der Waals surface area contributed by atoms with E-state index in [-0.39, 0.29) is 11.4 Å². The van der Waals surface area contributed by atoms with E-state index in [2.05, 4.69) is 9.72 Å². The number of fused-ring (bicyclic) bond motifs is 3. The first-order chi connectivity index (χ1) is 13.1. The molecule has 0 aliphatic rings. The summed E-state index contributed by atoms with van der Waals surface area (Å²) in [6.07, 6.45) is 0. The standard InChI is InChI=1S/C19H16N4O2.C2H6/c1-22-15-5-3-2-4-14(15)18-16(22)10-11-17(24)23(18)13-8-6-12(7-9-13)19(20)21-25;1-2/h2-11,25H,1H3,(H2,20,21);1-2H3. The van der Waals surface area contributed by atoms with E-state index in [1.807, 2.05) is 51.2 Å². The fourth-order valence-corrected chi connectivity index (χ4v) is 3.25. The zero-order valence-electron chi connectivity index (χ0n) is 15.5. The third-order valence-electron chi connectivity index (χ3n) is 4.48. The van der Waals surface area contributed by atoms with Crippen molar-refractivity contribution in [2.45, 2.75) is 13.8 Å². The van der Waals surface area contributed by atoms with Crippen LogP contribution in [0.4, 0.5) is 0 Å². The largest absolute Gasteiger partial charge is 0.409 e. The number of rotatable bonds is 2. The van der Waals surface area contributed by atoms with Crippen LogP contribution in [0, 0.1) is 0 Å². The Bertz CT molecular complexity index is 1180. The Morgan fingerprint density at radius 1 is 0.963 bits per heavy atom. The van der Waals surface area contributed by atoms with Crippen molar-refractivity contribution in [3.05, 3.63) is 76.6 Å². The van der Waals surface area contributed by atoms with Crippen LogP contribution < -0.4 is 11.3 Å². The van der Waals surface area contributed by atoms with Crippen LogP contribution in [-0.2, 0) is 7.05 Å². The number of hydrogen-bond acceptors (Lipinski definition) is 3. The lowest BCUT2D eigenvalue weighted by Crippen LogP contribution is -2.18. The molecule has 27 heavy (non-hydrogen) atoms. The Hall–Kier alpha value is -3.54. The molecule has 2 aromatic heterocycles. The molecule has 0 fully saturated rings. The molecule has 0 aliphatic heterocycles. The number of aromatic nitrogens is 2. The number of amidine groups is 1. The molecule has 0 unspecified atom stereocenters. The summed E-state index contributed by atoms with van der Waals surface area (Å²) in [5.74, 6) is 0.0299. The number of oxime groups is 1. The van der Waals surface area contributed by atoms with Gasteiger partial charge in [0.1, 0.15) is 0 Å². The maximum Gasteiger partial charge on any atom is 0.255 e. The molecule has 138 valence electrons. The summed E-state index contributed by atoms with van der Waals surface area (Å²) in [7, 11) is 1.99. The lowest BCUT2D eigenvalue weighted by molar-refractivity contribution is 0.318. The first-order valence-corrected chi connectivity index (χ1v) is 8.79. The lowest BCUT2D eigenvalue weighted by atomic mass is 10.1. The molecule has 0 radical (unpaired) electrons. The van der Waals surface area contributed by atoms with Crippen LogP contribution in [-0.4, -0.2) is 20.2 Å². The SMILES string of the molecule is CC.Cn1c2ccccc2c2c1ccc(=O)n2-c1ccc(/C(N)=N/O)cc1. The van der Waals surface area contributed by atoms with Gasteiger partial charge in [0.05, 0.1) is 16.6 Å². The number of nitrogens with zero attached hydrogens (tertiary/aromatic N) is 3. The van der Waals surface area contributed by atoms with E-state index in [0.717, 1.165) is 27.6 Å². The number of nitrogens with two attached hydrogens (primary N) is 1. The fraction of sp³-hybridized carbons (Fsp3) is 0.143. The molecule has 0 amide bonds. The summed E-state index contributed by atoms with van der Waals surface area (Å²) < 4.78 is 3.76. The van der Waals surface area contributed by atoms with Gasteiger partial charge in [0.25, 0.3) is 5.56 Å². The van der Waals surface area contributed by atoms with Crippen molar-refractivity contribution in [1.82, 2.24) is 9.13 Å². The van der Waals surface area contributed by atoms with Gasteiger partial charge in [0.2, 0.25) is 0 Å². The van der Waals surface area contributed by atoms with E-state index in [0.29, 0.717) is 5.56 Å². The van der Waals surface area contributed by atoms with Gasteiger partial charge in [-0.25, -0.2) is 0 Å². The highest BCUT2D eigenvalue weighted by Crippen LogP contribution is 2.28. The molecule has 0 atom stereocenters. The Balaban J connectivity index is 0.00000102. The summed E-state index contributed by atoms with van der Waals surface area (Å²) in [5, 5.41) is 12.8. The molecule has 0 bridgehead atoms. The molecule has 0 spiro atoms. The van der Waals surface area contributed by atoms with Crippen LogP contribution in [0.3, 0.4) is 0 Å². The third kappa shape index (κ3) is 2.95. The van der Waals surface area contributed by atoms with E-state index in [4.69, 9.17) is 10.9 Å². The molecule has 4 rings (SSSR count). The van der Waals surface area contributed by atoms with Gasteiger partial charge in [0, 0.05) is 29.8 Å². The molecule has 6 nitrogen and oxygen atoms in total. The molecule has 6 heteroatoms. The molecule has 0 aliphatic carbocycles. The van der Waals surface area contributed by atoms with Crippen LogP contribution >= 0.6 is 0 Å². The Kier molecular flexibility index (Phi) is 4.98. The molecular formula is C21H22N4O2. The maximum absolute atomic E-state index is 12.6. The minimum absolute atomic E-state index is 0.0299. The van der Waals surface area contributed by atoms with Crippen molar-refractivity contribution in [3.8, 4) is 5.69 Å². The molecule has 2 aromatic carbocycles. The Labute approximate surface area is 156 Å². The Morgan fingerprint density at radius 3 is 2.30 bits per heavy atom. The maximum atomic E-state index is 12.6. The van der Waals surface area contributed by atoms with Crippen molar-refractivity contribution < 1.29 is 5.21 Å². The van der Waals surface area contributed by atoms with E-state index >= 15 is 0 Å². The number of hydrogen-bond donors (Lipinski definition) is 2. The number of pyridine rings is 1. The summed E-state index contributed by atoms with van der Waals surface area (Å²) in [5.41, 5.74) is 9.71. The quantitative estimate of drug-likeness (QED) is 0.247. The fourth-order valence-electron chi connectivity index (χ4n) is 3.25. The van der Waals surface area contributed by atoms with E-state index in [1.165, 1.54) is 0 Å². The second kappa shape index (κ2) is 7.37. The molecule has 3 N–H and O–H groups in total. The Morgan fingerprint density at radius 2 is 1.63 bits per heavy atom. The highest BCUT2D eigenvalue weighted by atomic mass is 16.4.